The van der Waals surface area contributed by atoms with Crippen LogP contribution in [0.1, 0.15) is 50.3 Å². The molecule has 1 fully saturated rings. The highest BCUT2D eigenvalue weighted by molar-refractivity contribution is 5.77. The number of carboxylic acid groups (broad SMARTS) is 1. The summed E-state index contributed by atoms with van der Waals surface area (Å²) >= 11 is 0. The molecule has 1 aromatic rings. The van der Waals surface area contributed by atoms with Gasteiger partial charge in [-0.25, -0.2) is 4.79 Å². The maximum absolute atomic E-state index is 12.2. The number of carbonyl (C=O) groups is 2. The van der Waals surface area contributed by atoms with Crippen molar-refractivity contribution < 1.29 is 14.7 Å². The van der Waals surface area contributed by atoms with E-state index < -0.39 is 11.9 Å². The van der Waals surface area contributed by atoms with Gasteiger partial charge in [0, 0.05) is 13.1 Å². The lowest BCUT2D eigenvalue weighted by Gasteiger charge is -2.21. The normalized spacial score (nSPS) is 19.3. The Morgan fingerprint density at radius 2 is 1.77 bits per heavy atom. The minimum Gasteiger partial charge on any atom is -0.481 e. The molecular weight excluding hydrogens is 280 g/mol. The van der Waals surface area contributed by atoms with Crippen molar-refractivity contribution in [1.29, 1.82) is 0 Å². The lowest BCUT2D eigenvalue weighted by Crippen LogP contribution is -2.40. The van der Waals surface area contributed by atoms with Gasteiger partial charge in [0.15, 0.2) is 0 Å². The number of aliphatic carboxylic acids is 1. The first kappa shape index (κ1) is 16.3. The Balaban J connectivity index is 1.92. The van der Waals surface area contributed by atoms with Crippen LogP contribution < -0.4 is 5.32 Å². The molecule has 120 valence electrons. The Morgan fingerprint density at radius 3 is 2.27 bits per heavy atom. The zero-order valence-corrected chi connectivity index (χ0v) is 13.4. The number of hydrogen-bond donors (Lipinski definition) is 2. The number of rotatable bonds is 4. The fourth-order valence-electron chi connectivity index (χ4n) is 2.68. The van der Waals surface area contributed by atoms with Gasteiger partial charge in [-0.2, -0.15) is 0 Å². The quantitative estimate of drug-likeness (QED) is 0.898. The van der Waals surface area contributed by atoms with E-state index >= 15 is 0 Å². The number of benzene rings is 1. The highest BCUT2D eigenvalue weighted by Crippen LogP contribution is 2.20. The highest BCUT2D eigenvalue weighted by Gasteiger charge is 2.31. The van der Waals surface area contributed by atoms with E-state index in [-0.39, 0.29) is 12.1 Å². The summed E-state index contributed by atoms with van der Waals surface area (Å²) in [6.45, 7) is 7.02. The SMILES string of the molecule is CC(C)c1ccc(C(C)NC(=O)N2CCC(C(=O)O)C2)cc1. The van der Waals surface area contributed by atoms with Gasteiger partial charge in [-0.15, -0.1) is 0 Å². The van der Waals surface area contributed by atoms with Gasteiger partial charge in [0.1, 0.15) is 0 Å². The van der Waals surface area contributed by atoms with Crippen molar-refractivity contribution >= 4 is 12.0 Å². The summed E-state index contributed by atoms with van der Waals surface area (Å²) in [4.78, 5) is 24.7. The molecule has 5 heteroatoms. The van der Waals surface area contributed by atoms with E-state index in [2.05, 4.69) is 31.3 Å². The Kier molecular flexibility index (Phi) is 5.06. The van der Waals surface area contributed by atoms with E-state index in [1.54, 1.807) is 4.90 Å². The van der Waals surface area contributed by atoms with Crippen molar-refractivity contribution in [3.8, 4) is 0 Å². The van der Waals surface area contributed by atoms with Gasteiger partial charge < -0.3 is 15.3 Å². The number of hydrogen-bond acceptors (Lipinski definition) is 2. The molecule has 2 atom stereocenters. The predicted molar refractivity (Wildman–Crippen MR) is 84.8 cm³/mol. The number of carboxylic acids is 1. The number of carbonyl (C=O) groups excluding carboxylic acids is 1. The molecule has 2 rings (SSSR count). The van der Waals surface area contributed by atoms with E-state index in [0.717, 1.165) is 5.56 Å². The minimum absolute atomic E-state index is 0.0995. The number of likely N-dealkylation sites (tertiary alicyclic amines) is 1. The van der Waals surface area contributed by atoms with Crippen LogP contribution in [0.3, 0.4) is 0 Å². The molecule has 2 N–H and O–H groups in total. The smallest absolute Gasteiger partial charge is 0.317 e. The molecule has 0 radical (unpaired) electrons. The molecule has 1 aliphatic rings. The van der Waals surface area contributed by atoms with Crippen molar-refractivity contribution in [2.75, 3.05) is 13.1 Å². The lowest BCUT2D eigenvalue weighted by atomic mass is 10.00. The number of nitrogens with one attached hydrogen (secondary N) is 1. The molecule has 2 amide bonds. The van der Waals surface area contributed by atoms with E-state index in [1.165, 1.54) is 5.56 Å². The van der Waals surface area contributed by atoms with Crippen LogP contribution in [0.2, 0.25) is 0 Å². The van der Waals surface area contributed by atoms with Crippen molar-refractivity contribution in [1.82, 2.24) is 10.2 Å². The van der Waals surface area contributed by atoms with E-state index in [1.807, 2.05) is 19.1 Å². The molecule has 1 heterocycles. The van der Waals surface area contributed by atoms with Crippen LogP contribution >= 0.6 is 0 Å². The van der Waals surface area contributed by atoms with Crippen LogP contribution in [0.15, 0.2) is 24.3 Å². The molecule has 2 unspecified atom stereocenters. The van der Waals surface area contributed by atoms with Gasteiger partial charge in [0.05, 0.1) is 12.0 Å². The molecule has 0 bridgehead atoms. The second-order valence-corrected chi connectivity index (χ2v) is 6.26. The van der Waals surface area contributed by atoms with Crippen LogP contribution in [-0.2, 0) is 4.79 Å². The summed E-state index contributed by atoms with van der Waals surface area (Å²) in [7, 11) is 0. The van der Waals surface area contributed by atoms with Crippen LogP contribution in [0, 0.1) is 5.92 Å². The fraction of sp³-hybridized carbons (Fsp3) is 0.529. The highest BCUT2D eigenvalue weighted by atomic mass is 16.4. The van der Waals surface area contributed by atoms with Crippen molar-refractivity contribution in [2.45, 2.75) is 39.2 Å². The summed E-state index contributed by atoms with van der Waals surface area (Å²) < 4.78 is 0. The lowest BCUT2D eigenvalue weighted by molar-refractivity contribution is -0.141. The topological polar surface area (TPSA) is 69.6 Å². The first-order valence-electron chi connectivity index (χ1n) is 7.76. The van der Waals surface area contributed by atoms with Crippen LogP contribution in [0.4, 0.5) is 4.79 Å². The molecule has 5 nitrogen and oxygen atoms in total. The molecule has 0 aromatic heterocycles. The standard InChI is InChI=1S/C17H24N2O3/c1-11(2)13-4-6-14(7-5-13)12(3)18-17(22)19-9-8-15(10-19)16(20)21/h4-7,11-12,15H,8-10H2,1-3H3,(H,18,22)(H,20,21). The van der Waals surface area contributed by atoms with Gasteiger partial charge in [-0.3, -0.25) is 4.79 Å². The zero-order valence-electron chi connectivity index (χ0n) is 13.4. The third-order valence-corrected chi connectivity index (χ3v) is 4.27. The number of amides is 2. The first-order valence-corrected chi connectivity index (χ1v) is 7.76. The predicted octanol–water partition coefficient (Wildman–Crippen LogP) is 2.99. The minimum atomic E-state index is -0.826. The molecule has 0 spiro atoms. The van der Waals surface area contributed by atoms with Gasteiger partial charge in [-0.05, 0) is 30.4 Å². The fourth-order valence-corrected chi connectivity index (χ4v) is 2.68. The van der Waals surface area contributed by atoms with Gasteiger partial charge >= 0.3 is 12.0 Å². The average molecular weight is 304 g/mol. The third kappa shape index (κ3) is 3.78. The molecule has 1 aromatic carbocycles. The Labute approximate surface area is 131 Å². The van der Waals surface area contributed by atoms with Gasteiger partial charge in [0.2, 0.25) is 0 Å². The third-order valence-electron chi connectivity index (χ3n) is 4.27. The van der Waals surface area contributed by atoms with Gasteiger partial charge in [0.25, 0.3) is 0 Å². The molecular formula is C17H24N2O3. The zero-order chi connectivity index (χ0) is 16.3. The van der Waals surface area contributed by atoms with E-state index in [0.29, 0.717) is 25.4 Å². The van der Waals surface area contributed by atoms with E-state index in [9.17, 15) is 9.59 Å². The summed E-state index contributed by atoms with van der Waals surface area (Å²) in [5, 5.41) is 11.9. The maximum atomic E-state index is 12.2. The summed E-state index contributed by atoms with van der Waals surface area (Å²) in [6.07, 6.45) is 0.528. The monoisotopic (exact) mass is 304 g/mol. The number of nitrogens with zero attached hydrogens (tertiary/aromatic N) is 1. The molecule has 1 aliphatic heterocycles. The largest absolute Gasteiger partial charge is 0.481 e. The second kappa shape index (κ2) is 6.81. The van der Waals surface area contributed by atoms with Crippen molar-refractivity contribution in [3.05, 3.63) is 35.4 Å². The van der Waals surface area contributed by atoms with Crippen molar-refractivity contribution in [3.63, 3.8) is 0 Å². The van der Waals surface area contributed by atoms with Gasteiger partial charge in [-0.1, -0.05) is 38.1 Å². The first-order chi connectivity index (χ1) is 10.4. The molecule has 0 aliphatic carbocycles. The Morgan fingerprint density at radius 1 is 1.18 bits per heavy atom. The Hall–Kier alpha value is -2.04. The molecule has 22 heavy (non-hydrogen) atoms. The average Bonchev–Trinajstić information content (AvgIpc) is 2.97. The second-order valence-electron chi connectivity index (χ2n) is 6.26. The van der Waals surface area contributed by atoms with Crippen LogP contribution in [-0.4, -0.2) is 35.1 Å². The van der Waals surface area contributed by atoms with Crippen LogP contribution in [0.25, 0.3) is 0 Å². The van der Waals surface area contributed by atoms with Crippen LogP contribution in [0.5, 0.6) is 0 Å². The summed E-state index contributed by atoms with van der Waals surface area (Å²) in [5.74, 6) is -0.782. The van der Waals surface area contributed by atoms with Crippen molar-refractivity contribution in [2.24, 2.45) is 5.92 Å². The number of urea groups is 1. The summed E-state index contributed by atoms with van der Waals surface area (Å²) in [5.41, 5.74) is 2.32. The molecule has 1 saturated heterocycles. The van der Waals surface area contributed by atoms with E-state index in [4.69, 9.17) is 5.11 Å². The Bertz CT molecular complexity index is 539. The summed E-state index contributed by atoms with van der Waals surface area (Å²) in [6, 6.07) is 7.94. The maximum Gasteiger partial charge on any atom is 0.317 e. The molecule has 0 saturated carbocycles.